The highest BCUT2D eigenvalue weighted by Crippen LogP contribution is 2.29. The highest BCUT2D eigenvalue weighted by atomic mass is 19.2. The minimum absolute atomic E-state index is 0.339. The number of nitro benzene ring substituents is 1. The molecule has 1 fully saturated rings. The van der Waals surface area contributed by atoms with Gasteiger partial charge in [-0.1, -0.05) is 6.92 Å². The average molecular weight is 285 g/mol. The lowest BCUT2D eigenvalue weighted by molar-refractivity contribution is -0.384. The Morgan fingerprint density at radius 2 is 2.15 bits per heavy atom. The second-order valence-electron chi connectivity index (χ2n) is 4.80. The zero-order valence-electron chi connectivity index (χ0n) is 11.2. The third-order valence-corrected chi connectivity index (χ3v) is 3.44. The van der Waals surface area contributed by atoms with Gasteiger partial charge in [-0.25, -0.2) is 8.78 Å². The van der Waals surface area contributed by atoms with E-state index in [9.17, 15) is 18.9 Å². The molecule has 7 heteroatoms. The van der Waals surface area contributed by atoms with E-state index in [0.29, 0.717) is 19.1 Å². The summed E-state index contributed by atoms with van der Waals surface area (Å²) < 4.78 is 26.8. The Labute approximate surface area is 115 Å². The minimum Gasteiger partial charge on any atom is -0.376 e. The molecule has 110 valence electrons. The number of likely N-dealkylation sites (N-methyl/N-ethyl adjacent to an activating group) is 1. The molecule has 0 unspecified atom stereocenters. The summed E-state index contributed by atoms with van der Waals surface area (Å²) in [6, 6.07) is 2.30. The van der Waals surface area contributed by atoms with Gasteiger partial charge in [-0.2, -0.15) is 0 Å². The first kappa shape index (κ1) is 14.6. The van der Waals surface area contributed by atoms with Crippen molar-refractivity contribution in [3.63, 3.8) is 0 Å². The molecular formula is C13H17F2N3O2. The van der Waals surface area contributed by atoms with E-state index in [2.05, 4.69) is 10.2 Å². The van der Waals surface area contributed by atoms with Gasteiger partial charge in [0.2, 0.25) is 0 Å². The predicted molar refractivity (Wildman–Crippen MR) is 71.8 cm³/mol. The first-order chi connectivity index (χ1) is 9.54. The van der Waals surface area contributed by atoms with Gasteiger partial charge in [-0.05, 0) is 25.5 Å². The molecule has 1 aromatic rings. The highest BCUT2D eigenvalue weighted by molar-refractivity contribution is 5.62. The van der Waals surface area contributed by atoms with Crippen LogP contribution in [0.25, 0.3) is 0 Å². The molecule has 0 spiro atoms. The van der Waals surface area contributed by atoms with Crippen molar-refractivity contribution < 1.29 is 13.7 Å². The molecule has 0 bridgehead atoms. The Balaban J connectivity index is 2.04. The van der Waals surface area contributed by atoms with Crippen LogP contribution in [0.15, 0.2) is 12.1 Å². The maximum atomic E-state index is 13.6. The van der Waals surface area contributed by atoms with E-state index in [0.717, 1.165) is 31.5 Å². The van der Waals surface area contributed by atoms with Gasteiger partial charge in [0.1, 0.15) is 0 Å². The highest BCUT2D eigenvalue weighted by Gasteiger charge is 2.27. The van der Waals surface area contributed by atoms with Crippen LogP contribution in [0.4, 0.5) is 20.2 Å². The number of halogens is 2. The molecule has 1 N–H and O–H groups in total. The summed E-state index contributed by atoms with van der Waals surface area (Å²) in [5.41, 5.74) is -0.819. The van der Waals surface area contributed by atoms with E-state index >= 15 is 0 Å². The summed E-state index contributed by atoms with van der Waals surface area (Å²) in [5, 5.41) is 13.5. The van der Waals surface area contributed by atoms with E-state index < -0.39 is 22.2 Å². The first-order valence-corrected chi connectivity index (χ1v) is 6.65. The van der Waals surface area contributed by atoms with Gasteiger partial charge in [0.05, 0.1) is 4.92 Å². The fourth-order valence-electron chi connectivity index (χ4n) is 2.22. The molecule has 1 saturated carbocycles. The molecule has 1 aliphatic rings. The van der Waals surface area contributed by atoms with Crippen molar-refractivity contribution in [3.8, 4) is 0 Å². The van der Waals surface area contributed by atoms with Gasteiger partial charge in [0.25, 0.3) is 5.69 Å². The van der Waals surface area contributed by atoms with Crippen LogP contribution in [0, 0.1) is 21.7 Å². The Kier molecular flexibility index (Phi) is 4.49. The summed E-state index contributed by atoms with van der Waals surface area (Å²) in [5.74, 6) is -2.29. The lowest BCUT2D eigenvalue weighted by Crippen LogP contribution is -2.31. The van der Waals surface area contributed by atoms with Crippen molar-refractivity contribution in [2.45, 2.75) is 25.8 Å². The second-order valence-corrected chi connectivity index (χ2v) is 4.80. The van der Waals surface area contributed by atoms with E-state index in [1.165, 1.54) is 0 Å². The summed E-state index contributed by atoms with van der Waals surface area (Å²) >= 11 is 0. The second kappa shape index (κ2) is 6.13. The molecule has 2 rings (SSSR count). The molecule has 5 nitrogen and oxygen atoms in total. The van der Waals surface area contributed by atoms with Crippen molar-refractivity contribution >= 4 is 11.4 Å². The van der Waals surface area contributed by atoms with Crippen molar-refractivity contribution in [2.75, 3.05) is 25.0 Å². The van der Waals surface area contributed by atoms with Gasteiger partial charge >= 0.3 is 0 Å². The maximum Gasteiger partial charge on any atom is 0.295 e. The van der Waals surface area contributed by atoms with E-state index in [1.54, 1.807) is 0 Å². The zero-order chi connectivity index (χ0) is 14.7. The van der Waals surface area contributed by atoms with Crippen molar-refractivity contribution in [2.24, 2.45) is 0 Å². The summed E-state index contributed by atoms with van der Waals surface area (Å²) in [6.07, 6.45) is 2.31. The van der Waals surface area contributed by atoms with Crippen LogP contribution in [0.5, 0.6) is 0 Å². The summed E-state index contributed by atoms with van der Waals surface area (Å²) in [4.78, 5) is 12.3. The number of hydrogen-bond donors (Lipinski definition) is 1. The van der Waals surface area contributed by atoms with Crippen molar-refractivity contribution in [1.29, 1.82) is 0 Å². The Hall–Kier alpha value is -1.76. The molecule has 0 saturated heterocycles. The van der Waals surface area contributed by atoms with Crippen LogP contribution in [0.2, 0.25) is 0 Å². The number of benzene rings is 1. The van der Waals surface area contributed by atoms with Crippen LogP contribution in [0.1, 0.15) is 19.8 Å². The van der Waals surface area contributed by atoms with Crippen LogP contribution in [-0.2, 0) is 0 Å². The summed E-state index contributed by atoms with van der Waals surface area (Å²) in [7, 11) is 0. The van der Waals surface area contributed by atoms with Crippen molar-refractivity contribution in [1.82, 2.24) is 4.90 Å². The zero-order valence-corrected chi connectivity index (χ0v) is 11.2. The van der Waals surface area contributed by atoms with E-state index in [1.807, 2.05) is 6.92 Å². The molecule has 0 heterocycles. The molecule has 0 atom stereocenters. The molecule has 0 radical (unpaired) electrons. The quantitative estimate of drug-likeness (QED) is 0.618. The fraction of sp³-hybridized carbons (Fsp3) is 0.538. The molecular weight excluding hydrogens is 268 g/mol. The van der Waals surface area contributed by atoms with Crippen LogP contribution >= 0.6 is 0 Å². The molecule has 0 aliphatic heterocycles. The van der Waals surface area contributed by atoms with E-state index in [4.69, 9.17) is 0 Å². The van der Waals surface area contributed by atoms with Gasteiger partial charge in [0.15, 0.2) is 17.3 Å². The summed E-state index contributed by atoms with van der Waals surface area (Å²) in [6.45, 7) is 3.89. The normalized spacial score (nSPS) is 14.6. The molecule has 0 aromatic heterocycles. The first-order valence-electron chi connectivity index (χ1n) is 6.65. The molecule has 1 aromatic carbocycles. The van der Waals surface area contributed by atoms with Gasteiger partial charge < -0.3 is 5.32 Å². The third kappa shape index (κ3) is 3.22. The Morgan fingerprint density at radius 3 is 2.70 bits per heavy atom. The van der Waals surface area contributed by atoms with Crippen LogP contribution in [-0.4, -0.2) is 35.5 Å². The topological polar surface area (TPSA) is 58.4 Å². The van der Waals surface area contributed by atoms with Crippen LogP contribution in [0.3, 0.4) is 0 Å². The monoisotopic (exact) mass is 285 g/mol. The number of nitrogens with one attached hydrogen (secondary N) is 1. The maximum absolute atomic E-state index is 13.6. The largest absolute Gasteiger partial charge is 0.376 e. The smallest absolute Gasteiger partial charge is 0.295 e. The molecule has 20 heavy (non-hydrogen) atoms. The van der Waals surface area contributed by atoms with Crippen molar-refractivity contribution in [3.05, 3.63) is 33.9 Å². The Bertz CT molecular complexity index is 507. The van der Waals surface area contributed by atoms with Crippen LogP contribution < -0.4 is 5.32 Å². The SMILES string of the molecule is CCN(CCNc1c([N+](=O)[O-])ccc(F)c1F)C1CC1. The molecule has 0 amide bonds. The lowest BCUT2D eigenvalue weighted by atomic mass is 10.2. The predicted octanol–water partition coefficient (Wildman–Crippen LogP) is 2.77. The Morgan fingerprint density at radius 1 is 1.45 bits per heavy atom. The van der Waals surface area contributed by atoms with Gasteiger partial charge in [-0.15, -0.1) is 0 Å². The number of hydrogen-bond acceptors (Lipinski definition) is 4. The average Bonchev–Trinajstić information content (AvgIpc) is 3.23. The number of nitro groups is 1. The van der Waals surface area contributed by atoms with Gasteiger partial charge in [-0.3, -0.25) is 15.0 Å². The minimum atomic E-state index is -1.20. The molecule has 1 aliphatic carbocycles. The lowest BCUT2D eigenvalue weighted by Gasteiger charge is -2.20. The van der Waals surface area contributed by atoms with Gasteiger partial charge in [0, 0.05) is 25.2 Å². The van der Waals surface area contributed by atoms with E-state index in [-0.39, 0.29) is 5.69 Å². The number of anilines is 1. The number of nitrogens with zero attached hydrogens (tertiary/aromatic N) is 2. The fourth-order valence-corrected chi connectivity index (χ4v) is 2.22. The third-order valence-electron chi connectivity index (χ3n) is 3.44. The number of rotatable bonds is 7. The standard InChI is InChI=1S/C13H17F2N3O2/c1-2-17(9-3-4-9)8-7-16-13-11(18(19)20)6-5-10(14)12(13)15/h5-6,9,16H,2-4,7-8H2,1H3.